The standard InChI is InChI=1S/C19H18N4O2S/c1-26-16-6-4-15(5-7-16)17-8-9-19(25)23(22-17)13-18(24)21-12-14-3-2-10-20-11-14/h2-11H,12-13H2,1H3,(H,21,24). The number of pyridine rings is 1. The van der Waals surface area contributed by atoms with Crippen LogP contribution >= 0.6 is 11.8 Å². The zero-order chi connectivity index (χ0) is 18.4. The average molecular weight is 366 g/mol. The molecule has 0 saturated heterocycles. The lowest BCUT2D eigenvalue weighted by atomic mass is 10.1. The molecule has 0 aliphatic rings. The molecule has 3 rings (SSSR count). The van der Waals surface area contributed by atoms with E-state index in [1.54, 1.807) is 36.3 Å². The van der Waals surface area contributed by atoms with Gasteiger partial charge in [-0.15, -0.1) is 11.8 Å². The predicted octanol–water partition coefficient (Wildman–Crippen LogP) is 2.34. The van der Waals surface area contributed by atoms with Crippen LogP contribution in [-0.4, -0.2) is 26.9 Å². The summed E-state index contributed by atoms with van der Waals surface area (Å²) in [6, 6.07) is 14.7. The second-order valence-corrected chi connectivity index (χ2v) is 6.46. The van der Waals surface area contributed by atoms with E-state index >= 15 is 0 Å². The molecule has 26 heavy (non-hydrogen) atoms. The van der Waals surface area contributed by atoms with Gasteiger partial charge >= 0.3 is 0 Å². The molecular formula is C19H18N4O2S. The molecule has 132 valence electrons. The van der Waals surface area contributed by atoms with Crippen molar-refractivity contribution in [1.82, 2.24) is 20.1 Å². The fraction of sp³-hybridized carbons (Fsp3) is 0.158. The zero-order valence-corrected chi connectivity index (χ0v) is 15.1. The maximum Gasteiger partial charge on any atom is 0.267 e. The van der Waals surface area contributed by atoms with Gasteiger partial charge in [0.1, 0.15) is 6.54 Å². The van der Waals surface area contributed by atoms with Crippen LogP contribution in [0.1, 0.15) is 5.56 Å². The Bertz CT molecular complexity index is 940. The molecule has 1 aromatic carbocycles. The molecule has 2 heterocycles. The van der Waals surface area contributed by atoms with Crippen LogP contribution in [0.3, 0.4) is 0 Å². The van der Waals surface area contributed by atoms with E-state index < -0.39 is 0 Å². The molecule has 0 unspecified atom stereocenters. The third kappa shape index (κ3) is 4.58. The molecule has 0 bridgehead atoms. The third-order valence-corrected chi connectivity index (χ3v) is 4.50. The van der Waals surface area contributed by atoms with Crippen LogP contribution in [0.15, 0.2) is 70.6 Å². The molecule has 0 atom stereocenters. The number of benzene rings is 1. The summed E-state index contributed by atoms with van der Waals surface area (Å²) >= 11 is 1.66. The lowest BCUT2D eigenvalue weighted by Crippen LogP contribution is -2.33. The smallest absolute Gasteiger partial charge is 0.267 e. The third-order valence-electron chi connectivity index (χ3n) is 3.76. The number of amides is 1. The van der Waals surface area contributed by atoms with Crippen molar-refractivity contribution in [3.8, 4) is 11.3 Å². The van der Waals surface area contributed by atoms with Gasteiger partial charge in [0, 0.05) is 35.5 Å². The first kappa shape index (κ1) is 17.9. The number of nitrogens with zero attached hydrogens (tertiary/aromatic N) is 3. The number of rotatable bonds is 6. The van der Waals surface area contributed by atoms with E-state index in [4.69, 9.17) is 0 Å². The quantitative estimate of drug-likeness (QED) is 0.678. The van der Waals surface area contributed by atoms with Crippen molar-refractivity contribution in [3.05, 3.63) is 76.8 Å². The summed E-state index contributed by atoms with van der Waals surface area (Å²) < 4.78 is 1.18. The summed E-state index contributed by atoms with van der Waals surface area (Å²) in [5, 5.41) is 7.08. The van der Waals surface area contributed by atoms with Gasteiger partial charge in [-0.2, -0.15) is 5.10 Å². The Labute approximate surface area is 155 Å². The summed E-state index contributed by atoms with van der Waals surface area (Å²) in [7, 11) is 0. The van der Waals surface area contributed by atoms with Crippen LogP contribution in [-0.2, 0) is 17.9 Å². The van der Waals surface area contributed by atoms with Gasteiger partial charge in [-0.3, -0.25) is 14.6 Å². The van der Waals surface area contributed by atoms with Crippen molar-refractivity contribution in [2.45, 2.75) is 18.0 Å². The largest absolute Gasteiger partial charge is 0.350 e. The van der Waals surface area contributed by atoms with E-state index in [0.717, 1.165) is 16.0 Å². The second-order valence-electron chi connectivity index (χ2n) is 5.58. The van der Waals surface area contributed by atoms with Crippen molar-refractivity contribution < 1.29 is 4.79 Å². The highest BCUT2D eigenvalue weighted by Crippen LogP contribution is 2.20. The van der Waals surface area contributed by atoms with E-state index in [1.165, 1.54) is 10.7 Å². The Morgan fingerprint density at radius 1 is 1.15 bits per heavy atom. The maximum absolute atomic E-state index is 12.1. The van der Waals surface area contributed by atoms with Crippen LogP contribution in [0.25, 0.3) is 11.3 Å². The number of carbonyl (C=O) groups excluding carboxylic acids is 1. The number of aromatic nitrogens is 3. The average Bonchev–Trinajstić information content (AvgIpc) is 2.69. The topological polar surface area (TPSA) is 76.9 Å². The van der Waals surface area contributed by atoms with Gasteiger partial charge in [0.2, 0.25) is 5.91 Å². The Hall–Kier alpha value is -2.93. The summed E-state index contributed by atoms with van der Waals surface area (Å²) in [4.78, 5) is 29.3. The number of thioether (sulfide) groups is 1. The van der Waals surface area contributed by atoms with Crippen molar-refractivity contribution in [3.63, 3.8) is 0 Å². The van der Waals surface area contributed by atoms with Gasteiger partial charge < -0.3 is 5.32 Å². The molecule has 0 fully saturated rings. The molecule has 1 amide bonds. The maximum atomic E-state index is 12.1. The number of carbonyl (C=O) groups is 1. The first-order valence-corrected chi connectivity index (χ1v) is 9.26. The molecule has 0 saturated carbocycles. The van der Waals surface area contributed by atoms with Gasteiger partial charge in [-0.05, 0) is 36.1 Å². The van der Waals surface area contributed by atoms with Gasteiger partial charge in [-0.25, -0.2) is 4.68 Å². The summed E-state index contributed by atoms with van der Waals surface area (Å²) in [6.45, 7) is 0.229. The minimum absolute atomic E-state index is 0.129. The minimum Gasteiger partial charge on any atom is -0.350 e. The predicted molar refractivity (Wildman–Crippen MR) is 102 cm³/mol. The number of hydrogen-bond donors (Lipinski definition) is 1. The van der Waals surface area contributed by atoms with E-state index in [-0.39, 0.29) is 18.0 Å². The van der Waals surface area contributed by atoms with Crippen LogP contribution in [0.2, 0.25) is 0 Å². The highest BCUT2D eigenvalue weighted by atomic mass is 32.2. The van der Waals surface area contributed by atoms with Gasteiger partial charge in [-0.1, -0.05) is 18.2 Å². The summed E-state index contributed by atoms with van der Waals surface area (Å²) in [5.41, 5.74) is 2.12. The molecular weight excluding hydrogens is 348 g/mol. The monoisotopic (exact) mass is 366 g/mol. The van der Waals surface area contributed by atoms with Gasteiger partial charge in [0.05, 0.1) is 5.69 Å². The van der Waals surface area contributed by atoms with Crippen LogP contribution in [0, 0.1) is 0 Å². The minimum atomic E-state index is -0.314. The van der Waals surface area contributed by atoms with Crippen molar-refractivity contribution in [2.75, 3.05) is 6.26 Å². The normalized spacial score (nSPS) is 10.5. The first-order valence-electron chi connectivity index (χ1n) is 8.04. The first-order chi connectivity index (χ1) is 12.7. The lowest BCUT2D eigenvalue weighted by molar-refractivity contribution is -0.122. The molecule has 7 heteroatoms. The fourth-order valence-corrected chi connectivity index (χ4v) is 2.78. The highest BCUT2D eigenvalue weighted by Gasteiger charge is 2.08. The zero-order valence-electron chi connectivity index (χ0n) is 14.3. The van der Waals surface area contributed by atoms with Crippen LogP contribution in [0.4, 0.5) is 0 Å². The van der Waals surface area contributed by atoms with E-state index in [9.17, 15) is 9.59 Å². The van der Waals surface area contributed by atoms with E-state index in [1.807, 2.05) is 36.6 Å². The Morgan fingerprint density at radius 3 is 2.65 bits per heavy atom. The molecule has 0 spiro atoms. The van der Waals surface area contributed by atoms with Crippen LogP contribution in [0.5, 0.6) is 0 Å². The summed E-state index contributed by atoms with van der Waals surface area (Å²) in [6.07, 6.45) is 5.37. The SMILES string of the molecule is CSc1ccc(-c2ccc(=O)n(CC(=O)NCc3cccnc3)n2)cc1. The second kappa shape index (κ2) is 8.44. The Morgan fingerprint density at radius 2 is 1.96 bits per heavy atom. The molecule has 0 aliphatic carbocycles. The highest BCUT2D eigenvalue weighted by molar-refractivity contribution is 7.98. The number of nitrogens with one attached hydrogen (secondary N) is 1. The molecule has 0 aliphatic heterocycles. The summed E-state index contributed by atoms with van der Waals surface area (Å²) in [5.74, 6) is -0.279. The van der Waals surface area contributed by atoms with Crippen molar-refractivity contribution >= 4 is 17.7 Å². The molecule has 3 aromatic rings. The van der Waals surface area contributed by atoms with Gasteiger partial charge in [0.15, 0.2) is 0 Å². The van der Waals surface area contributed by atoms with Crippen molar-refractivity contribution in [1.29, 1.82) is 0 Å². The molecule has 6 nitrogen and oxygen atoms in total. The Kier molecular flexibility index (Phi) is 5.80. The van der Waals surface area contributed by atoms with E-state index in [2.05, 4.69) is 15.4 Å². The molecule has 0 radical (unpaired) electrons. The number of hydrogen-bond acceptors (Lipinski definition) is 5. The fourth-order valence-electron chi connectivity index (χ4n) is 2.37. The molecule has 1 N–H and O–H groups in total. The Balaban J connectivity index is 1.71. The lowest BCUT2D eigenvalue weighted by Gasteiger charge is -2.08. The van der Waals surface area contributed by atoms with Crippen molar-refractivity contribution in [2.24, 2.45) is 0 Å². The van der Waals surface area contributed by atoms with Crippen LogP contribution < -0.4 is 10.9 Å². The molecule has 2 aromatic heterocycles. The van der Waals surface area contributed by atoms with E-state index in [0.29, 0.717) is 12.2 Å². The van der Waals surface area contributed by atoms with Gasteiger partial charge in [0.25, 0.3) is 5.56 Å².